The molecule has 9 heteroatoms. The van der Waals surface area contributed by atoms with Crippen molar-refractivity contribution in [3.05, 3.63) is 18.2 Å². The second kappa shape index (κ2) is 6.25. The molecular weight excluding hydrogens is 330 g/mol. The van der Waals surface area contributed by atoms with Crippen LogP contribution in [0.1, 0.15) is 6.92 Å². The van der Waals surface area contributed by atoms with E-state index in [1.54, 1.807) is 32.2 Å². The summed E-state index contributed by atoms with van der Waals surface area (Å²) < 4.78 is 15.4. The highest BCUT2D eigenvalue weighted by Gasteiger charge is 2.40. The average molecular weight is 349 g/mol. The number of nitrogens with zero attached hydrogens (tertiary/aromatic N) is 2. The van der Waals surface area contributed by atoms with E-state index in [1.807, 2.05) is 0 Å². The summed E-state index contributed by atoms with van der Waals surface area (Å²) in [5.41, 5.74) is 6.89. The number of rotatable bonds is 3. The van der Waals surface area contributed by atoms with Gasteiger partial charge in [0.15, 0.2) is 6.10 Å². The number of methoxy groups -OCH3 is 1. The van der Waals surface area contributed by atoms with E-state index < -0.39 is 30.3 Å². The molecule has 0 radical (unpaired) electrons. The van der Waals surface area contributed by atoms with Gasteiger partial charge in [0.05, 0.1) is 25.0 Å². The maximum Gasteiger partial charge on any atom is 0.414 e. The predicted molar refractivity (Wildman–Crippen MR) is 87.5 cm³/mol. The molecule has 3 rings (SSSR count). The summed E-state index contributed by atoms with van der Waals surface area (Å²) in [7, 11) is 2.88. The fraction of sp³-hybridized carbons (Fsp3) is 0.438. The maximum atomic E-state index is 12.1. The molecule has 2 heterocycles. The fourth-order valence-electron chi connectivity index (χ4n) is 2.84. The summed E-state index contributed by atoms with van der Waals surface area (Å²) in [6, 6.07) is 3.96. The van der Waals surface area contributed by atoms with Crippen LogP contribution in [0.25, 0.3) is 0 Å². The summed E-state index contributed by atoms with van der Waals surface area (Å²) in [5, 5.41) is 0. The summed E-state index contributed by atoms with van der Waals surface area (Å²) in [6.45, 7) is 1.77. The van der Waals surface area contributed by atoms with Gasteiger partial charge >= 0.3 is 12.1 Å². The molecule has 134 valence electrons. The first-order valence-corrected chi connectivity index (χ1v) is 7.73. The second-order valence-corrected chi connectivity index (χ2v) is 5.89. The largest absolute Gasteiger partial charge is 0.479 e. The molecule has 0 spiro atoms. The van der Waals surface area contributed by atoms with E-state index in [0.717, 1.165) is 0 Å². The monoisotopic (exact) mass is 349 g/mol. The number of hydrogen-bond acceptors (Lipinski definition) is 7. The number of amides is 2. The molecule has 1 saturated heterocycles. The molecule has 1 fully saturated rings. The van der Waals surface area contributed by atoms with Crippen LogP contribution in [-0.4, -0.2) is 56.9 Å². The number of likely N-dealkylation sites (N-methyl/N-ethyl adjacent to an activating group) is 1. The zero-order chi connectivity index (χ0) is 18.3. The van der Waals surface area contributed by atoms with E-state index in [4.69, 9.17) is 15.2 Å². The normalized spacial score (nSPS) is 23.7. The van der Waals surface area contributed by atoms with Crippen LogP contribution in [0, 0.1) is 0 Å². The summed E-state index contributed by atoms with van der Waals surface area (Å²) in [4.78, 5) is 38.5. The number of hydrogen-bond donors (Lipinski definition) is 1. The number of esters is 1. The van der Waals surface area contributed by atoms with E-state index in [9.17, 15) is 14.4 Å². The summed E-state index contributed by atoms with van der Waals surface area (Å²) >= 11 is 0. The Labute approximate surface area is 144 Å². The lowest BCUT2D eigenvalue weighted by Crippen LogP contribution is -2.44. The minimum Gasteiger partial charge on any atom is -0.479 e. The third-order valence-corrected chi connectivity index (χ3v) is 4.31. The van der Waals surface area contributed by atoms with Crippen LogP contribution >= 0.6 is 0 Å². The quantitative estimate of drug-likeness (QED) is 0.779. The van der Waals surface area contributed by atoms with Crippen molar-refractivity contribution in [2.45, 2.75) is 25.2 Å². The van der Waals surface area contributed by atoms with Crippen LogP contribution in [0.3, 0.4) is 0 Å². The van der Waals surface area contributed by atoms with Gasteiger partial charge in [-0.15, -0.1) is 0 Å². The van der Waals surface area contributed by atoms with Gasteiger partial charge < -0.3 is 24.8 Å². The van der Waals surface area contributed by atoms with Gasteiger partial charge in [0.2, 0.25) is 0 Å². The number of fused-ring (bicyclic) bond motifs is 1. The highest BCUT2D eigenvalue weighted by atomic mass is 16.6. The SMILES string of the molecule is COC(=O)C(N)[C@@H]1CN(c2ccc3c(c2)OC(C)C(=O)N3C)C(=O)O1. The first-order valence-electron chi connectivity index (χ1n) is 7.73. The first-order chi connectivity index (χ1) is 11.8. The Morgan fingerprint density at radius 3 is 2.76 bits per heavy atom. The molecule has 2 N–H and O–H groups in total. The lowest BCUT2D eigenvalue weighted by Gasteiger charge is -2.31. The maximum absolute atomic E-state index is 12.1. The molecule has 0 aliphatic carbocycles. The van der Waals surface area contributed by atoms with Gasteiger partial charge in [-0.25, -0.2) is 4.79 Å². The number of nitrogens with two attached hydrogens (primary N) is 1. The molecule has 2 unspecified atom stereocenters. The Morgan fingerprint density at radius 2 is 2.08 bits per heavy atom. The number of carbonyl (C=O) groups excluding carboxylic acids is 3. The van der Waals surface area contributed by atoms with Gasteiger partial charge in [0.1, 0.15) is 17.9 Å². The minimum atomic E-state index is -1.06. The smallest absolute Gasteiger partial charge is 0.414 e. The highest BCUT2D eigenvalue weighted by molar-refractivity contribution is 6.00. The molecule has 1 aromatic rings. The first kappa shape index (κ1) is 17.0. The molecule has 3 atom stereocenters. The van der Waals surface area contributed by atoms with Crippen LogP contribution in [0.4, 0.5) is 16.2 Å². The van der Waals surface area contributed by atoms with E-state index >= 15 is 0 Å². The van der Waals surface area contributed by atoms with E-state index in [-0.39, 0.29) is 12.5 Å². The molecule has 2 aliphatic rings. The highest BCUT2D eigenvalue weighted by Crippen LogP contribution is 2.37. The summed E-state index contributed by atoms with van der Waals surface area (Å²) in [6.07, 6.45) is -2.03. The molecule has 1 aromatic carbocycles. The predicted octanol–water partition coefficient (Wildman–Crippen LogP) is 0.256. The van der Waals surface area contributed by atoms with Crippen molar-refractivity contribution in [1.82, 2.24) is 0 Å². The van der Waals surface area contributed by atoms with Crippen molar-refractivity contribution >= 4 is 29.3 Å². The van der Waals surface area contributed by atoms with E-state index in [0.29, 0.717) is 17.1 Å². The lowest BCUT2D eigenvalue weighted by molar-refractivity contribution is -0.144. The van der Waals surface area contributed by atoms with Crippen molar-refractivity contribution in [1.29, 1.82) is 0 Å². The number of benzene rings is 1. The topological polar surface area (TPSA) is 111 Å². The Kier molecular flexibility index (Phi) is 4.25. The molecule has 0 saturated carbocycles. The van der Waals surface area contributed by atoms with Gasteiger partial charge in [-0.2, -0.15) is 0 Å². The van der Waals surface area contributed by atoms with E-state index in [1.165, 1.54) is 16.9 Å². The van der Waals surface area contributed by atoms with Crippen molar-refractivity contribution in [2.75, 3.05) is 30.5 Å². The van der Waals surface area contributed by atoms with Gasteiger partial charge in [-0.05, 0) is 19.1 Å². The molecule has 9 nitrogen and oxygen atoms in total. The molecule has 2 amide bonds. The number of ether oxygens (including phenoxy) is 3. The average Bonchev–Trinajstić information content (AvgIpc) is 2.99. The van der Waals surface area contributed by atoms with Gasteiger partial charge in [0.25, 0.3) is 5.91 Å². The molecule has 2 aliphatic heterocycles. The Balaban J connectivity index is 1.84. The third-order valence-electron chi connectivity index (χ3n) is 4.31. The fourth-order valence-corrected chi connectivity index (χ4v) is 2.84. The third kappa shape index (κ3) is 2.86. The van der Waals surface area contributed by atoms with Crippen LogP contribution in [-0.2, 0) is 19.1 Å². The number of anilines is 2. The standard InChI is InChI=1S/C16H19N3O6/c1-8-14(20)18(2)10-5-4-9(6-11(10)24-8)19-7-12(25-16(19)22)13(17)15(21)23-3/h4-6,8,12-13H,7,17H2,1-3H3/t8?,12-,13?/m0/s1. The molecule has 0 bridgehead atoms. The Morgan fingerprint density at radius 1 is 1.36 bits per heavy atom. The minimum absolute atomic E-state index is 0.109. The zero-order valence-electron chi connectivity index (χ0n) is 14.1. The number of cyclic esters (lactones) is 1. The summed E-state index contributed by atoms with van der Waals surface area (Å²) in [5.74, 6) is -0.312. The van der Waals surface area contributed by atoms with Crippen molar-refractivity contribution in [3.8, 4) is 5.75 Å². The zero-order valence-corrected chi connectivity index (χ0v) is 14.1. The van der Waals surface area contributed by atoms with Crippen molar-refractivity contribution in [2.24, 2.45) is 5.73 Å². The van der Waals surface area contributed by atoms with Crippen LogP contribution in [0.15, 0.2) is 18.2 Å². The van der Waals surface area contributed by atoms with Crippen LogP contribution in [0.2, 0.25) is 0 Å². The Hall–Kier alpha value is -2.81. The molecule has 25 heavy (non-hydrogen) atoms. The van der Waals surface area contributed by atoms with Gasteiger partial charge in [0, 0.05) is 13.1 Å². The van der Waals surface area contributed by atoms with Crippen molar-refractivity contribution < 1.29 is 28.6 Å². The van der Waals surface area contributed by atoms with Crippen LogP contribution in [0.5, 0.6) is 5.75 Å². The van der Waals surface area contributed by atoms with Crippen LogP contribution < -0.4 is 20.3 Å². The van der Waals surface area contributed by atoms with E-state index in [2.05, 4.69) is 4.74 Å². The molecular formula is C16H19N3O6. The number of carbonyl (C=O) groups is 3. The second-order valence-electron chi connectivity index (χ2n) is 5.89. The van der Waals surface area contributed by atoms with Gasteiger partial charge in [-0.1, -0.05) is 0 Å². The lowest BCUT2D eigenvalue weighted by atomic mass is 10.1. The molecule has 0 aromatic heterocycles. The van der Waals surface area contributed by atoms with Gasteiger partial charge in [-0.3, -0.25) is 14.5 Å². The van der Waals surface area contributed by atoms with Crippen molar-refractivity contribution in [3.63, 3.8) is 0 Å². The Bertz CT molecular complexity index is 737.